The summed E-state index contributed by atoms with van der Waals surface area (Å²) in [5.41, 5.74) is 8.00. The highest BCUT2D eigenvalue weighted by Crippen LogP contribution is 2.55. The van der Waals surface area contributed by atoms with Crippen LogP contribution in [0.15, 0.2) is 121 Å². The molecule has 0 aromatic heterocycles. The zero-order valence-corrected chi connectivity index (χ0v) is 43.2. The number of benzene rings is 4. The third-order valence-electron chi connectivity index (χ3n) is 14.5. The Labute approximate surface area is 423 Å². The van der Waals surface area contributed by atoms with E-state index in [9.17, 15) is 32.3 Å². The van der Waals surface area contributed by atoms with Crippen molar-refractivity contribution in [1.82, 2.24) is 0 Å². The van der Waals surface area contributed by atoms with Gasteiger partial charge in [-0.2, -0.15) is 0 Å². The molecule has 4 unspecified atom stereocenters. The fraction of sp³-hybridized carbons (Fsp3) is 0.410. The summed E-state index contributed by atoms with van der Waals surface area (Å²) in [4.78, 5) is 47.0. The van der Waals surface area contributed by atoms with Crippen molar-refractivity contribution < 1.29 is 51.3 Å². The molecule has 1 fully saturated rings. The monoisotopic (exact) mass is 986 g/mol. The predicted octanol–water partition coefficient (Wildman–Crippen LogP) is 13.8. The van der Waals surface area contributed by atoms with Crippen molar-refractivity contribution in [2.45, 2.75) is 155 Å². The molecule has 9 rings (SSSR count). The van der Waals surface area contributed by atoms with Crippen LogP contribution in [0.3, 0.4) is 0 Å². The van der Waals surface area contributed by atoms with Crippen LogP contribution >= 0.6 is 0 Å². The van der Waals surface area contributed by atoms with Gasteiger partial charge in [0.25, 0.3) is 0 Å². The Bertz CT molecular complexity index is 2820. The van der Waals surface area contributed by atoms with Crippen molar-refractivity contribution in [2.24, 2.45) is 5.92 Å². The highest BCUT2D eigenvalue weighted by Gasteiger charge is 2.53. The fourth-order valence-corrected chi connectivity index (χ4v) is 10.3. The molecule has 0 heterocycles. The van der Waals surface area contributed by atoms with E-state index in [0.29, 0.717) is 59.5 Å². The smallest absolute Gasteiger partial charge is 0.334 e. The number of hydrogen-bond donors (Lipinski definition) is 0. The van der Waals surface area contributed by atoms with Crippen LogP contribution in [0.1, 0.15) is 150 Å². The molecule has 5 aliphatic carbocycles. The van der Waals surface area contributed by atoms with Gasteiger partial charge >= 0.3 is 23.9 Å². The number of carbonyl (C=O) groups excluding carboxylic acids is 4. The Morgan fingerprint density at radius 3 is 1.65 bits per heavy atom. The first-order valence-electron chi connectivity index (χ1n) is 24.9. The second kappa shape index (κ2) is 22.1. The largest absolute Gasteiger partial charge is 0.451 e. The molecule has 0 radical (unpaired) electrons. The van der Waals surface area contributed by atoms with Crippen molar-refractivity contribution in [1.29, 1.82) is 0 Å². The van der Waals surface area contributed by atoms with Gasteiger partial charge in [-0.05, 0) is 184 Å². The lowest BCUT2D eigenvalue weighted by molar-refractivity contribution is -0.159. The summed E-state index contributed by atoms with van der Waals surface area (Å²) in [6, 6.07) is 20.8. The minimum atomic E-state index is -0.744. The third-order valence-corrected chi connectivity index (χ3v) is 14.5. The summed E-state index contributed by atoms with van der Waals surface area (Å²) < 4.78 is 63.1. The van der Waals surface area contributed by atoms with E-state index < -0.39 is 34.3 Å². The van der Waals surface area contributed by atoms with Gasteiger partial charge in [-0.1, -0.05) is 81.3 Å². The minimum absolute atomic E-state index is 0.214. The topological polar surface area (TPSA) is 105 Å². The molecule has 8 nitrogen and oxygen atoms in total. The maximum Gasteiger partial charge on any atom is 0.334 e. The van der Waals surface area contributed by atoms with E-state index >= 15 is 0 Å². The lowest BCUT2D eigenvalue weighted by atomic mass is 9.80. The number of carbonyl (C=O) groups is 4. The molecule has 72 heavy (non-hydrogen) atoms. The number of esters is 4. The summed E-state index contributed by atoms with van der Waals surface area (Å²) in [5.74, 6) is -1.95. The number of halogens is 3. The summed E-state index contributed by atoms with van der Waals surface area (Å²) in [5, 5.41) is 0. The Morgan fingerprint density at radius 2 is 1.08 bits per heavy atom. The lowest BCUT2D eigenvalue weighted by Gasteiger charge is -2.35. The zero-order valence-electron chi connectivity index (χ0n) is 43.2. The van der Waals surface area contributed by atoms with E-state index in [1.54, 1.807) is 39.8 Å². The SMILES string of the molecule is C=C(C)C(=O)OC1(C)CCCc2ccc(F)cc21.C=C(C)C(=O)OC1(C)CCc2cc(C)ccc21.C=C(C)C(=O)OC1(C2CC2)CCc2ccc(F)cc21.C=C(C)C(=O)OC1(CC)CCc2c(F)cccc21. The van der Waals surface area contributed by atoms with E-state index in [2.05, 4.69) is 51.4 Å². The first kappa shape index (κ1) is 54.8. The van der Waals surface area contributed by atoms with E-state index in [4.69, 9.17) is 18.9 Å². The molecule has 0 saturated heterocycles. The molecule has 0 spiro atoms. The van der Waals surface area contributed by atoms with Gasteiger partial charge in [0.1, 0.15) is 39.9 Å². The lowest BCUT2D eigenvalue weighted by Crippen LogP contribution is -2.33. The molecule has 1 saturated carbocycles. The van der Waals surface area contributed by atoms with Crippen LogP contribution in [0.2, 0.25) is 0 Å². The van der Waals surface area contributed by atoms with E-state index in [1.165, 1.54) is 41.5 Å². The molecule has 4 aromatic carbocycles. The molecule has 382 valence electrons. The average molecular weight is 987 g/mol. The third kappa shape index (κ3) is 12.0. The summed E-state index contributed by atoms with van der Waals surface area (Å²) >= 11 is 0. The van der Waals surface area contributed by atoms with Crippen LogP contribution in [-0.4, -0.2) is 23.9 Å². The van der Waals surface area contributed by atoms with Gasteiger partial charge in [0.15, 0.2) is 0 Å². The Hall–Kier alpha value is -6.49. The molecule has 5 aliphatic rings. The molecular formula is C61H69F3O8. The van der Waals surface area contributed by atoms with Gasteiger partial charge in [-0.15, -0.1) is 0 Å². The van der Waals surface area contributed by atoms with Crippen molar-refractivity contribution in [2.75, 3.05) is 0 Å². The first-order chi connectivity index (χ1) is 33.9. The Morgan fingerprint density at radius 1 is 0.556 bits per heavy atom. The molecule has 0 aliphatic heterocycles. The standard InChI is InChI=1S/C16H17FO2.2C15H17FO2.C15H18O2/c1-10(2)15(18)19-16(12-4-5-12)8-7-11-3-6-13(17)9-14(11)16;1-10(2)14(17)18-15(3)8-4-5-11-6-7-12(16)9-13(11)15;1-4-15(18-14(17)10(2)3)9-8-11-12(15)6-5-7-13(11)16;1-10(2)14(16)17-15(4)8-7-12-9-11(3)5-6-13(12)15/h3,6,9,12H,1,4-5,7-8H2,2H3;6-7,9H,1,4-5,8H2,2-3H3;5-7H,2,4,8-9H2,1,3H3;5-6,9H,1,7-8H2,2-4H3. The molecule has 4 atom stereocenters. The maximum atomic E-state index is 13.7. The number of aryl methyl sites for hydroxylation is 4. The number of hydrogen-bond acceptors (Lipinski definition) is 8. The molecular weight excluding hydrogens is 918 g/mol. The fourth-order valence-electron chi connectivity index (χ4n) is 10.3. The van der Waals surface area contributed by atoms with E-state index in [0.717, 1.165) is 84.7 Å². The normalized spacial score (nSPS) is 22.7. The van der Waals surface area contributed by atoms with Crippen LogP contribution in [-0.2, 0) is 86.2 Å². The second-order valence-electron chi connectivity index (χ2n) is 20.5. The van der Waals surface area contributed by atoms with Gasteiger partial charge in [0.05, 0.1) is 0 Å². The van der Waals surface area contributed by atoms with E-state index in [1.807, 2.05) is 32.9 Å². The number of ether oxygens (including phenoxy) is 4. The summed E-state index contributed by atoms with van der Waals surface area (Å²) in [6.07, 6.45) is 9.93. The highest BCUT2D eigenvalue weighted by atomic mass is 19.1. The van der Waals surface area contributed by atoms with Crippen LogP contribution in [0, 0.1) is 30.3 Å². The summed E-state index contributed by atoms with van der Waals surface area (Å²) in [7, 11) is 0. The van der Waals surface area contributed by atoms with Gasteiger partial charge < -0.3 is 18.9 Å². The van der Waals surface area contributed by atoms with Crippen molar-refractivity contribution in [3.05, 3.63) is 189 Å². The van der Waals surface area contributed by atoms with Gasteiger partial charge in [0.2, 0.25) is 0 Å². The first-order valence-corrected chi connectivity index (χ1v) is 24.9. The quantitative estimate of drug-likeness (QED) is 0.0879. The minimum Gasteiger partial charge on any atom is -0.451 e. The van der Waals surface area contributed by atoms with Gasteiger partial charge in [0, 0.05) is 44.9 Å². The van der Waals surface area contributed by atoms with Crippen LogP contribution in [0.5, 0.6) is 0 Å². The van der Waals surface area contributed by atoms with Crippen molar-refractivity contribution in [3.8, 4) is 0 Å². The Kier molecular flexibility index (Phi) is 16.8. The molecule has 0 amide bonds. The summed E-state index contributed by atoms with van der Waals surface area (Å²) in [6.45, 7) is 28.8. The Balaban J connectivity index is 0.000000157. The molecule has 11 heteroatoms. The molecule has 0 N–H and O–H groups in total. The van der Waals surface area contributed by atoms with Crippen molar-refractivity contribution >= 4 is 23.9 Å². The number of rotatable bonds is 10. The van der Waals surface area contributed by atoms with Crippen molar-refractivity contribution in [3.63, 3.8) is 0 Å². The predicted molar refractivity (Wildman–Crippen MR) is 273 cm³/mol. The number of fused-ring (bicyclic) bond motifs is 4. The van der Waals surface area contributed by atoms with Gasteiger partial charge in [-0.3, -0.25) is 0 Å². The molecule has 4 aromatic rings. The maximum absolute atomic E-state index is 13.7. The van der Waals surface area contributed by atoms with E-state index in [-0.39, 0.29) is 29.4 Å². The molecule has 0 bridgehead atoms. The van der Waals surface area contributed by atoms with Crippen LogP contribution in [0.25, 0.3) is 0 Å². The zero-order chi connectivity index (χ0) is 52.9. The van der Waals surface area contributed by atoms with Gasteiger partial charge in [-0.25, -0.2) is 32.3 Å². The second-order valence-corrected chi connectivity index (χ2v) is 20.5. The highest BCUT2D eigenvalue weighted by molar-refractivity contribution is 5.89. The average Bonchev–Trinajstić information content (AvgIpc) is 3.94. The van der Waals surface area contributed by atoms with Crippen LogP contribution in [0.4, 0.5) is 13.2 Å². The van der Waals surface area contributed by atoms with Crippen LogP contribution < -0.4 is 0 Å².